The van der Waals surface area contributed by atoms with E-state index in [9.17, 15) is 22.4 Å². The van der Waals surface area contributed by atoms with E-state index in [-0.39, 0.29) is 17.3 Å². The van der Waals surface area contributed by atoms with E-state index >= 15 is 0 Å². The molecule has 3 rings (SSSR count). The summed E-state index contributed by atoms with van der Waals surface area (Å²) in [5, 5.41) is 2.84. The summed E-state index contributed by atoms with van der Waals surface area (Å²) in [6.45, 7) is 7.27. The Morgan fingerprint density at radius 3 is 2.23 bits per heavy atom. The third kappa shape index (κ3) is 7.89. The van der Waals surface area contributed by atoms with Crippen molar-refractivity contribution in [3.8, 4) is 0 Å². The monoisotopic (exact) mass is 553 g/mol. The Hall–Kier alpha value is -3.72. The van der Waals surface area contributed by atoms with Crippen molar-refractivity contribution in [3.63, 3.8) is 0 Å². The number of unbranched alkanes of at least 4 members (excludes halogenated alkanes) is 1. The normalized spacial score (nSPS) is 12.0. The number of rotatable bonds is 12. The summed E-state index contributed by atoms with van der Waals surface area (Å²) in [5.74, 6) is -1.33. The first-order valence-electron chi connectivity index (χ1n) is 13.0. The molecule has 0 fully saturated rings. The summed E-state index contributed by atoms with van der Waals surface area (Å²) in [5.41, 5.74) is 2.68. The number of anilines is 1. The van der Waals surface area contributed by atoms with Crippen LogP contribution in [0.3, 0.4) is 0 Å². The maximum Gasteiger partial charge on any atom is 0.264 e. The van der Waals surface area contributed by atoms with Gasteiger partial charge in [-0.1, -0.05) is 55.3 Å². The number of carbonyl (C=O) groups excluding carboxylic acids is 2. The molecule has 0 saturated carbocycles. The molecule has 0 aliphatic heterocycles. The van der Waals surface area contributed by atoms with Gasteiger partial charge < -0.3 is 10.2 Å². The largest absolute Gasteiger partial charge is 0.354 e. The molecule has 9 heteroatoms. The molecule has 1 unspecified atom stereocenters. The lowest BCUT2D eigenvalue weighted by atomic mass is 10.1. The number of hydrogen-bond donors (Lipinski definition) is 1. The molecule has 0 aliphatic rings. The third-order valence-electron chi connectivity index (χ3n) is 6.44. The number of halogens is 1. The summed E-state index contributed by atoms with van der Waals surface area (Å²) in [4.78, 5) is 28.2. The molecule has 0 heterocycles. The smallest absolute Gasteiger partial charge is 0.264 e. The highest BCUT2D eigenvalue weighted by molar-refractivity contribution is 7.92. The fourth-order valence-electron chi connectivity index (χ4n) is 4.05. The molecule has 0 aromatic heterocycles. The van der Waals surface area contributed by atoms with Crippen molar-refractivity contribution in [1.29, 1.82) is 0 Å². The molecule has 7 nitrogen and oxygen atoms in total. The molecule has 0 spiro atoms. The van der Waals surface area contributed by atoms with E-state index in [0.29, 0.717) is 17.8 Å². The second-order valence-corrected chi connectivity index (χ2v) is 11.5. The summed E-state index contributed by atoms with van der Waals surface area (Å²) >= 11 is 0. The fraction of sp³-hybridized carbons (Fsp3) is 0.333. The second kappa shape index (κ2) is 13.4. The van der Waals surface area contributed by atoms with Crippen LogP contribution >= 0.6 is 0 Å². The zero-order chi connectivity index (χ0) is 28.6. The number of amides is 2. The Bertz CT molecular complexity index is 1380. The van der Waals surface area contributed by atoms with Crippen LogP contribution < -0.4 is 9.62 Å². The number of aryl methyl sites for hydroxylation is 2. The third-order valence-corrected chi connectivity index (χ3v) is 8.23. The van der Waals surface area contributed by atoms with Gasteiger partial charge in [0, 0.05) is 13.1 Å². The van der Waals surface area contributed by atoms with Gasteiger partial charge in [0.2, 0.25) is 11.8 Å². The van der Waals surface area contributed by atoms with Crippen molar-refractivity contribution in [2.75, 3.05) is 17.4 Å². The lowest BCUT2D eigenvalue weighted by Gasteiger charge is -2.32. The SMILES string of the molecule is CCCCNC(=O)C(C)N(Cc1ccc(F)cc1)C(=O)CN(c1cccc(C)c1)S(=O)(=O)c1ccc(C)cc1. The maximum absolute atomic E-state index is 13.9. The number of nitrogens with zero attached hydrogens (tertiary/aromatic N) is 2. The van der Waals surface area contributed by atoms with Gasteiger partial charge >= 0.3 is 0 Å². The van der Waals surface area contributed by atoms with Crippen LogP contribution in [0.1, 0.15) is 43.4 Å². The average molecular weight is 554 g/mol. The molecule has 0 aliphatic carbocycles. The van der Waals surface area contributed by atoms with E-state index < -0.39 is 34.3 Å². The minimum absolute atomic E-state index is 0.00765. The highest BCUT2D eigenvalue weighted by atomic mass is 32.2. The van der Waals surface area contributed by atoms with Gasteiger partial charge in [-0.3, -0.25) is 13.9 Å². The number of carbonyl (C=O) groups is 2. The summed E-state index contributed by atoms with van der Waals surface area (Å²) in [6.07, 6.45) is 1.69. The standard InChI is InChI=1S/C30H36FN3O4S/c1-5-6-18-32-30(36)24(4)33(20-25-12-14-26(31)15-13-25)29(35)21-34(27-9-7-8-23(3)19-27)39(37,38)28-16-10-22(2)11-17-28/h7-17,19,24H,5-6,18,20-21H2,1-4H3,(H,32,36). The Labute approximate surface area is 230 Å². The highest BCUT2D eigenvalue weighted by Crippen LogP contribution is 2.25. The van der Waals surface area contributed by atoms with Crippen LogP contribution in [0.5, 0.6) is 0 Å². The number of nitrogens with one attached hydrogen (secondary N) is 1. The lowest BCUT2D eigenvalue weighted by molar-refractivity contribution is -0.139. The van der Waals surface area contributed by atoms with Crippen molar-refractivity contribution in [2.45, 2.75) is 58.0 Å². The highest BCUT2D eigenvalue weighted by Gasteiger charge is 2.32. The molecule has 39 heavy (non-hydrogen) atoms. The van der Waals surface area contributed by atoms with E-state index in [0.717, 1.165) is 28.3 Å². The van der Waals surface area contributed by atoms with Gasteiger partial charge in [-0.15, -0.1) is 0 Å². The van der Waals surface area contributed by atoms with Crippen LogP contribution in [0.25, 0.3) is 0 Å². The first kappa shape index (κ1) is 29.8. The van der Waals surface area contributed by atoms with E-state index in [1.165, 1.54) is 29.2 Å². The Kier molecular flexibility index (Phi) is 10.2. The number of benzene rings is 3. The van der Waals surface area contributed by atoms with Crippen molar-refractivity contribution in [3.05, 3.63) is 95.3 Å². The molecule has 3 aromatic carbocycles. The van der Waals surface area contributed by atoms with E-state index in [4.69, 9.17) is 0 Å². The van der Waals surface area contributed by atoms with Crippen LogP contribution in [0.15, 0.2) is 77.7 Å². The van der Waals surface area contributed by atoms with E-state index in [1.807, 2.05) is 26.8 Å². The fourth-order valence-corrected chi connectivity index (χ4v) is 5.46. The lowest BCUT2D eigenvalue weighted by Crippen LogP contribution is -2.51. The van der Waals surface area contributed by atoms with E-state index in [1.54, 1.807) is 49.4 Å². The van der Waals surface area contributed by atoms with Crippen molar-refractivity contribution in [1.82, 2.24) is 10.2 Å². The van der Waals surface area contributed by atoms with Gasteiger partial charge in [0.25, 0.3) is 10.0 Å². The van der Waals surface area contributed by atoms with E-state index in [2.05, 4.69) is 5.32 Å². The van der Waals surface area contributed by atoms with Crippen molar-refractivity contribution >= 4 is 27.5 Å². The number of hydrogen-bond acceptors (Lipinski definition) is 4. The molecule has 3 aromatic rings. The van der Waals surface area contributed by atoms with Gasteiger partial charge in [-0.25, -0.2) is 12.8 Å². The van der Waals surface area contributed by atoms with Crippen LogP contribution in [0.4, 0.5) is 10.1 Å². The molecule has 1 atom stereocenters. The number of sulfonamides is 1. The molecular weight excluding hydrogens is 517 g/mol. The minimum atomic E-state index is -4.12. The molecule has 208 valence electrons. The van der Waals surface area contributed by atoms with Crippen LogP contribution in [0.2, 0.25) is 0 Å². The predicted molar refractivity (Wildman–Crippen MR) is 151 cm³/mol. The van der Waals surface area contributed by atoms with Gasteiger partial charge in [-0.2, -0.15) is 0 Å². The van der Waals surface area contributed by atoms with Crippen LogP contribution in [0, 0.1) is 19.7 Å². The molecule has 0 radical (unpaired) electrons. The molecule has 0 saturated heterocycles. The first-order chi connectivity index (χ1) is 18.5. The second-order valence-electron chi connectivity index (χ2n) is 9.63. The summed E-state index contributed by atoms with van der Waals surface area (Å²) in [7, 11) is -4.12. The minimum Gasteiger partial charge on any atom is -0.354 e. The Balaban J connectivity index is 1.99. The van der Waals surface area contributed by atoms with Gasteiger partial charge in [-0.05, 0) is 74.7 Å². The topological polar surface area (TPSA) is 86.8 Å². The molecule has 0 bridgehead atoms. The van der Waals surface area contributed by atoms with Gasteiger partial charge in [0.1, 0.15) is 18.4 Å². The van der Waals surface area contributed by atoms with Gasteiger partial charge in [0.05, 0.1) is 10.6 Å². The average Bonchev–Trinajstić information content (AvgIpc) is 2.91. The zero-order valence-electron chi connectivity index (χ0n) is 22.9. The van der Waals surface area contributed by atoms with Crippen molar-refractivity contribution < 1.29 is 22.4 Å². The zero-order valence-corrected chi connectivity index (χ0v) is 23.7. The van der Waals surface area contributed by atoms with Gasteiger partial charge in [0.15, 0.2) is 0 Å². The van der Waals surface area contributed by atoms with Crippen molar-refractivity contribution in [2.24, 2.45) is 0 Å². The molecular formula is C30H36FN3O4S. The van der Waals surface area contributed by atoms with Crippen LogP contribution in [-0.4, -0.2) is 44.3 Å². The summed E-state index contributed by atoms with van der Waals surface area (Å²) in [6, 6.07) is 18.1. The quantitative estimate of drug-likeness (QED) is 0.321. The van der Waals surface area contributed by atoms with Crippen LogP contribution in [-0.2, 0) is 26.2 Å². The Morgan fingerprint density at radius 1 is 0.949 bits per heavy atom. The molecule has 2 amide bonds. The Morgan fingerprint density at radius 2 is 1.62 bits per heavy atom. The molecule has 1 N–H and O–H groups in total. The first-order valence-corrected chi connectivity index (χ1v) is 14.4. The maximum atomic E-state index is 13.9. The summed E-state index contributed by atoms with van der Waals surface area (Å²) < 4.78 is 42.3. The predicted octanol–water partition coefficient (Wildman–Crippen LogP) is 4.97.